The van der Waals surface area contributed by atoms with Crippen molar-refractivity contribution >= 4 is 29.1 Å². The smallest absolute Gasteiger partial charge is 0.295 e. The van der Waals surface area contributed by atoms with E-state index in [0.717, 1.165) is 23.4 Å². The van der Waals surface area contributed by atoms with Gasteiger partial charge in [0, 0.05) is 17.1 Å². The van der Waals surface area contributed by atoms with Crippen molar-refractivity contribution in [3.8, 4) is 5.75 Å². The molecule has 1 atom stereocenters. The number of carbonyl (C=O) groups is 2. The number of rotatable bonds is 9. The molecule has 1 N–H and O–H groups in total. The van der Waals surface area contributed by atoms with Gasteiger partial charge in [-0.05, 0) is 81.4 Å². The van der Waals surface area contributed by atoms with Gasteiger partial charge in [0.05, 0.1) is 18.2 Å². The molecule has 0 aromatic heterocycles. The predicted octanol–water partition coefficient (Wildman–Crippen LogP) is 5.06. The van der Waals surface area contributed by atoms with E-state index in [1.807, 2.05) is 25.9 Å². The summed E-state index contributed by atoms with van der Waals surface area (Å²) < 4.78 is 5.84. The van der Waals surface area contributed by atoms with Crippen LogP contribution in [-0.2, 0) is 9.59 Å². The summed E-state index contributed by atoms with van der Waals surface area (Å²) in [6, 6.07) is 11.6. The first kappa shape index (κ1) is 25.8. The molecule has 1 aliphatic heterocycles. The van der Waals surface area contributed by atoms with E-state index in [2.05, 4.69) is 13.8 Å². The molecule has 1 saturated heterocycles. The number of aryl methyl sites for hydroxylation is 1. The summed E-state index contributed by atoms with van der Waals surface area (Å²) in [7, 11) is 3.92. The zero-order valence-electron chi connectivity index (χ0n) is 20.5. The number of hydrogen-bond donors (Lipinski definition) is 1. The molecule has 0 spiro atoms. The second kappa shape index (κ2) is 11.1. The van der Waals surface area contributed by atoms with Crippen molar-refractivity contribution in [2.45, 2.75) is 33.2 Å². The molecule has 1 heterocycles. The topological polar surface area (TPSA) is 70.1 Å². The van der Waals surface area contributed by atoms with Gasteiger partial charge < -0.3 is 19.6 Å². The van der Waals surface area contributed by atoms with Gasteiger partial charge in [-0.15, -0.1) is 0 Å². The minimum Gasteiger partial charge on any atom is -0.507 e. The third-order valence-electron chi connectivity index (χ3n) is 5.75. The minimum absolute atomic E-state index is 0.0902. The first-order chi connectivity index (χ1) is 16.1. The molecule has 182 valence electrons. The normalized spacial score (nSPS) is 17.8. The molecule has 1 amide bonds. The maximum atomic E-state index is 13.1. The van der Waals surface area contributed by atoms with E-state index in [9.17, 15) is 14.7 Å². The lowest BCUT2D eigenvalue weighted by molar-refractivity contribution is -0.139. The molecular formula is C27H33ClN2O4. The fourth-order valence-corrected chi connectivity index (χ4v) is 4.16. The number of halogens is 1. The Morgan fingerprint density at radius 1 is 1.15 bits per heavy atom. The SMILES string of the molecule is Cc1cc(/C(O)=C2\C(=O)C(=O)N(CCCN(C)C)C2c2ccc(Cl)cc2)ccc1OCC(C)C. The highest BCUT2D eigenvalue weighted by Crippen LogP contribution is 2.40. The van der Waals surface area contributed by atoms with Crippen LogP contribution in [0.5, 0.6) is 5.75 Å². The largest absolute Gasteiger partial charge is 0.507 e. The Labute approximate surface area is 206 Å². The Morgan fingerprint density at radius 3 is 2.41 bits per heavy atom. The monoisotopic (exact) mass is 484 g/mol. The first-order valence-corrected chi connectivity index (χ1v) is 11.9. The number of hydrogen-bond acceptors (Lipinski definition) is 5. The van der Waals surface area contributed by atoms with E-state index >= 15 is 0 Å². The molecule has 1 fully saturated rings. The first-order valence-electron chi connectivity index (χ1n) is 11.5. The van der Waals surface area contributed by atoms with E-state index in [1.165, 1.54) is 0 Å². The van der Waals surface area contributed by atoms with Crippen molar-refractivity contribution < 1.29 is 19.4 Å². The highest BCUT2D eigenvalue weighted by atomic mass is 35.5. The number of Topliss-reactive ketones (excluding diaryl/α,β-unsaturated/α-hetero) is 1. The Kier molecular flexibility index (Phi) is 8.39. The second-order valence-corrected chi connectivity index (χ2v) is 9.82. The molecule has 34 heavy (non-hydrogen) atoms. The van der Waals surface area contributed by atoms with Crippen molar-refractivity contribution in [2.24, 2.45) is 5.92 Å². The Hall–Kier alpha value is -2.83. The van der Waals surface area contributed by atoms with Crippen LogP contribution >= 0.6 is 11.6 Å². The number of benzene rings is 2. The average Bonchev–Trinajstić information content (AvgIpc) is 3.03. The summed E-state index contributed by atoms with van der Waals surface area (Å²) >= 11 is 6.08. The lowest BCUT2D eigenvalue weighted by atomic mass is 9.94. The van der Waals surface area contributed by atoms with Crippen LogP contribution in [0.25, 0.3) is 5.76 Å². The highest BCUT2D eigenvalue weighted by Gasteiger charge is 2.45. The summed E-state index contributed by atoms with van der Waals surface area (Å²) in [5, 5.41) is 11.8. The zero-order valence-corrected chi connectivity index (χ0v) is 21.2. The van der Waals surface area contributed by atoms with Crippen LogP contribution in [0.3, 0.4) is 0 Å². The summed E-state index contributed by atoms with van der Waals surface area (Å²) in [6.45, 7) is 7.79. The summed E-state index contributed by atoms with van der Waals surface area (Å²) in [4.78, 5) is 29.7. The van der Waals surface area contributed by atoms with Crippen LogP contribution in [0, 0.1) is 12.8 Å². The van der Waals surface area contributed by atoms with Gasteiger partial charge in [0.2, 0.25) is 0 Å². The average molecular weight is 485 g/mol. The molecule has 1 unspecified atom stereocenters. The number of nitrogens with zero attached hydrogens (tertiary/aromatic N) is 2. The summed E-state index contributed by atoms with van der Waals surface area (Å²) in [5.74, 6) is -0.361. The highest BCUT2D eigenvalue weighted by molar-refractivity contribution is 6.46. The van der Waals surface area contributed by atoms with Crippen LogP contribution in [0.1, 0.15) is 43.0 Å². The van der Waals surface area contributed by atoms with Gasteiger partial charge in [-0.25, -0.2) is 0 Å². The van der Waals surface area contributed by atoms with E-state index in [-0.39, 0.29) is 11.3 Å². The molecule has 0 saturated carbocycles. The quantitative estimate of drug-likeness (QED) is 0.306. The van der Waals surface area contributed by atoms with Crippen molar-refractivity contribution in [3.05, 3.63) is 69.8 Å². The number of ketones is 1. The fourth-order valence-electron chi connectivity index (χ4n) is 4.03. The van der Waals surface area contributed by atoms with Crippen LogP contribution < -0.4 is 4.74 Å². The van der Waals surface area contributed by atoms with Gasteiger partial charge >= 0.3 is 0 Å². The fraction of sp³-hybridized carbons (Fsp3) is 0.407. The number of aliphatic hydroxyl groups excluding tert-OH is 1. The van der Waals surface area contributed by atoms with E-state index in [4.69, 9.17) is 16.3 Å². The number of ether oxygens (including phenoxy) is 1. The molecule has 0 bridgehead atoms. The van der Waals surface area contributed by atoms with E-state index in [1.54, 1.807) is 47.4 Å². The summed E-state index contributed by atoms with van der Waals surface area (Å²) in [5.41, 5.74) is 2.13. The summed E-state index contributed by atoms with van der Waals surface area (Å²) in [6.07, 6.45) is 0.700. The van der Waals surface area contributed by atoms with E-state index in [0.29, 0.717) is 36.1 Å². The van der Waals surface area contributed by atoms with Crippen molar-refractivity contribution in [1.29, 1.82) is 0 Å². The molecule has 2 aromatic carbocycles. The maximum Gasteiger partial charge on any atom is 0.295 e. The Morgan fingerprint density at radius 2 is 1.82 bits per heavy atom. The minimum atomic E-state index is -0.684. The second-order valence-electron chi connectivity index (χ2n) is 9.39. The van der Waals surface area contributed by atoms with Gasteiger partial charge in [0.25, 0.3) is 11.7 Å². The van der Waals surface area contributed by atoms with Crippen LogP contribution in [0.15, 0.2) is 48.0 Å². The third kappa shape index (κ3) is 5.80. The van der Waals surface area contributed by atoms with Gasteiger partial charge in [-0.3, -0.25) is 9.59 Å². The maximum absolute atomic E-state index is 13.1. The number of carbonyl (C=O) groups excluding carboxylic acids is 2. The van der Waals surface area contributed by atoms with Gasteiger partial charge in [0.1, 0.15) is 11.5 Å². The van der Waals surface area contributed by atoms with Crippen LogP contribution in [0.2, 0.25) is 5.02 Å². The molecule has 6 nitrogen and oxygen atoms in total. The number of amides is 1. The van der Waals surface area contributed by atoms with Crippen molar-refractivity contribution in [2.75, 3.05) is 33.8 Å². The standard InChI is InChI=1S/C27H33ClN2O4/c1-17(2)16-34-22-12-9-20(15-18(22)3)25(31)23-24(19-7-10-21(28)11-8-19)30(27(33)26(23)32)14-6-13-29(4)5/h7-12,15,17,24,31H,6,13-14,16H2,1-5H3/b25-23+. The van der Waals surface area contributed by atoms with Crippen molar-refractivity contribution in [3.63, 3.8) is 0 Å². The molecular weight excluding hydrogens is 452 g/mol. The van der Waals surface area contributed by atoms with Crippen LogP contribution in [-0.4, -0.2) is 60.4 Å². The molecule has 0 aliphatic carbocycles. The lowest BCUT2D eigenvalue weighted by Crippen LogP contribution is -2.32. The van der Waals surface area contributed by atoms with Crippen LogP contribution in [0.4, 0.5) is 0 Å². The van der Waals surface area contributed by atoms with Gasteiger partial charge in [-0.2, -0.15) is 0 Å². The lowest BCUT2D eigenvalue weighted by Gasteiger charge is -2.26. The number of aliphatic hydroxyl groups is 1. The molecule has 0 radical (unpaired) electrons. The molecule has 3 rings (SSSR count). The Bertz CT molecular complexity index is 1080. The van der Waals surface area contributed by atoms with E-state index < -0.39 is 17.7 Å². The Balaban J connectivity index is 2.03. The zero-order chi connectivity index (χ0) is 25.0. The molecule has 1 aliphatic rings. The van der Waals surface area contributed by atoms with Gasteiger partial charge in [-0.1, -0.05) is 37.6 Å². The van der Waals surface area contributed by atoms with Gasteiger partial charge in [0.15, 0.2) is 0 Å². The number of likely N-dealkylation sites (tertiary alicyclic amines) is 1. The molecule has 7 heteroatoms. The third-order valence-corrected chi connectivity index (χ3v) is 6.00. The molecule has 2 aromatic rings. The van der Waals surface area contributed by atoms with Crippen molar-refractivity contribution in [1.82, 2.24) is 9.80 Å². The predicted molar refractivity (Wildman–Crippen MR) is 135 cm³/mol.